The molecule has 1 aromatic heterocycles. The van der Waals surface area contributed by atoms with Gasteiger partial charge >= 0.3 is 0 Å². The van der Waals surface area contributed by atoms with Crippen molar-refractivity contribution in [2.24, 2.45) is 0 Å². The summed E-state index contributed by atoms with van der Waals surface area (Å²) in [6, 6.07) is 8.65. The Morgan fingerprint density at radius 3 is 3.24 bits per heavy atom. The molecule has 17 heavy (non-hydrogen) atoms. The molecule has 1 aliphatic rings. The molecule has 2 heterocycles. The SMILES string of the molecule is c1ccc2c(c1)OCCC2NCc1cncs1. The van der Waals surface area contributed by atoms with Crippen molar-refractivity contribution in [2.45, 2.75) is 19.0 Å². The zero-order valence-corrected chi connectivity index (χ0v) is 10.2. The molecule has 1 atom stereocenters. The van der Waals surface area contributed by atoms with Crippen LogP contribution in [0.5, 0.6) is 5.75 Å². The number of para-hydroxylation sites is 1. The maximum atomic E-state index is 5.64. The van der Waals surface area contributed by atoms with Crippen molar-refractivity contribution in [3.05, 3.63) is 46.4 Å². The van der Waals surface area contributed by atoms with Gasteiger partial charge in [-0.3, -0.25) is 4.98 Å². The molecule has 1 aromatic carbocycles. The first kappa shape index (κ1) is 10.7. The number of hydrogen-bond donors (Lipinski definition) is 1. The van der Waals surface area contributed by atoms with Gasteiger partial charge in [0.15, 0.2) is 0 Å². The molecule has 3 rings (SSSR count). The van der Waals surface area contributed by atoms with Crippen LogP contribution in [0.4, 0.5) is 0 Å². The van der Waals surface area contributed by atoms with E-state index in [9.17, 15) is 0 Å². The summed E-state index contributed by atoms with van der Waals surface area (Å²) in [5.41, 5.74) is 3.14. The van der Waals surface area contributed by atoms with E-state index in [-0.39, 0.29) is 0 Å². The first-order valence-corrected chi connectivity index (χ1v) is 6.64. The highest BCUT2D eigenvalue weighted by Gasteiger charge is 2.20. The highest BCUT2D eigenvalue weighted by molar-refractivity contribution is 7.09. The zero-order valence-electron chi connectivity index (χ0n) is 9.43. The van der Waals surface area contributed by atoms with Gasteiger partial charge in [-0.15, -0.1) is 11.3 Å². The summed E-state index contributed by atoms with van der Waals surface area (Å²) >= 11 is 1.69. The number of fused-ring (bicyclic) bond motifs is 1. The van der Waals surface area contributed by atoms with E-state index in [1.807, 2.05) is 23.8 Å². The lowest BCUT2D eigenvalue weighted by Crippen LogP contribution is -2.26. The summed E-state index contributed by atoms with van der Waals surface area (Å²) in [5, 5.41) is 3.57. The molecule has 0 amide bonds. The molecule has 1 unspecified atom stereocenters. The Labute approximate surface area is 104 Å². The lowest BCUT2D eigenvalue weighted by molar-refractivity contribution is 0.252. The van der Waals surface area contributed by atoms with Crippen LogP contribution in [0.25, 0.3) is 0 Å². The summed E-state index contributed by atoms with van der Waals surface area (Å²) in [4.78, 5) is 5.36. The fourth-order valence-corrected chi connectivity index (χ4v) is 2.65. The van der Waals surface area contributed by atoms with E-state index in [1.54, 1.807) is 11.3 Å². The van der Waals surface area contributed by atoms with Crippen molar-refractivity contribution in [2.75, 3.05) is 6.61 Å². The van der Waals surface area contributed by atoms with E-state index in [2.05, 4.69) is 22.4 Å². The fraction of sp³-hybridized carbons (Fsp3) is 0.308. The molecule has 0 bridgehead atoms. The van der Waals surface area contributed by atoms with Gasteiger partial charge < -0.3 is 10.1 Å². The van der Waals surface area contributed by atoms with Gasteiger partial charge in [-0.1, -0.05) is 18.2 Å². The number of nitrogens with zero attached hydrogens (tertiary/aromatic N) is 1. The van der Waals surface area contributed by atoms with Crippen LogP contribution in [0, 0.1) is 0 Å². The van der Waals surface area contributed by atoms with E-state index in [4.69, 9.17) is 4.74 Å². The van der Waals surface area contributed by atoms with Gasteiger partial charge in [0.1, 0.15) is 5.75 Å². The molecule has 0 radical (unpaired) electrons. The second-order valence-corrected chi connectivity index (χ2v) is 5.05. The van der Waals surface area contributed by atoms with Gasteiger partial charge in [0.2, 0.25) is 0 Å². The van der Waals surface area contributed by atoms with Crippen LogP contribution >= 0.6 is 11.3 Å². The average Bonchev–Trinajstić information content (AvgIpc) is 2.89. The molecule has 1 N–H and O–H groups in total. The Morgan fingerprint density at radius 1 is 1.41 bits per heavy atom. The van der Waals surface area contributed by atoms with Crippen molar-refractivity contribution in [3.8, 4) is 5.75 Å². The molecule has 0 saturated carbocycles. The summed E-state index contributed by atoms with van der Waals surface area (Å²) in [5.74, 6) is 1.01. The Morgan fingerprint density at radius 2 is 2.35 bits per heavy atom. The van der Waals surface area contributed by atoms with Crippen LogP contribution < -0.4 is 10.1 Å². The third kappa shape index (κ3) is 2.33. The normalized spacial score (nSPS) is 18.5. The number of ether oxygens (including phenoxy) is 1. The van der Waals surface area contributed by atoms with Crippen molar-refractivity contribution in [3.63, 3.8) is 0 Å². The zero-order chi connectivity index (χ0) is 11.5. The summed E-state index contributed by atoms with van der Waals surface area (Å²) < 4.78 is 5.64. The molecular formula is C13H14N2OS. The van der Waals surface area contributed by atoms with E-state index >= 15 is 0 Å². The molecule has 3 nitrogen and oxygen atoms in total. The van der Waals surface area contributed by atoms with Gasteiger partial charge in [0.25, 0.3) is 0 Å². The fourth-order valence-electron chi connectivity index (χ4n) is 2.11. The minimum absolute atomic E-state index is 0.391. The first-order chi connectivity index (χ1) is 8.43. The van der Waals surface area contributed by atoms with Gasteiger partial charge in [0, 0.05) is 35.6 Å². The molecule has 1 aliphatic heterocycles. The topological polar surface area (TPSA) is 34.1 Å². The van der Waals surface area contributed by atoms with E-state index < -0.39 is 0 Å². The maximum absolute atomic E-state index is 5.64. The molecular weight excluding hydrogens is 232 g/mol. The van der Waals surface area contributed by atoms with Crippen LogP contribution in [0.1, 0.15) is 22.9 Å². The summed E-state index contributed by atoms with van der Waals surface area (Å²) in [6.07, 6.45) is 2.94. The second kappa shape index (κ2) is 4.85. The van der Waals surface area contributed by atoms with Crippen LogP contribution in [-0.4, -0.2) is 11.6 Å². The van der Waals surface area contributed by atoms with Crippen LogP contribution in [0.2, 0.25) is 0 Å². The summed E-state index contributed by atoms with van der Waals surface area (Å²) in [7, 11) is 0. The van der Waals surface area contributed by atoms with Crippen LogP contribution in [-0.2, 0) is 6.54 Å². The lowest BCUT2D eigenvalue weighted by Gasteiger charge is -2.26. The Bertz CT molecular complexity index is 484. The van der Waals surface area contributed by atoms with Crippen LogP contribution in [0.15, 0.2) is 36.0 Å². The number of nitrogens with one attached hydrogen (secondary N) is 1. The first-order valence-electron chi connectivity index (χ1n) is 5.76. The number of aromatic nitrogens is 1. The van der Waals surface area contributed by atoms with Gasteiger partial charge in [-0.2, -0.15) is 0 Å². The minimum atomic E-state index is 0.391. The molecule has 0 saturated heterocycles. The predicted octanol–water partition coefficient (Wildman–Crippen LogP) is 2.76. The van der Waals surface area contributed by atoms with Crippen LogP contribution in [0.3, 0.4) is 0 Å². The van der Waals surface area contributed by atoms with Gasteiger partial charge in [-0.25, -0.2) is 0 Å². The highest BCUT2D eigenvalue weighted by Crippen LogP contribution is 2.31. The van der Waals surface area contributed by atoms with E-state index in [1.165, 1.54) is 10.4 Å². The molecule has 0 aliphatic carbocycles. The number of hydrogen-bond acceptors (Lipinski definition) is 4. The second-order valence-electron chi connectivity index (χ2n) is 4.08. The monoisotopic (exact) mass is 246 g/mol. The maximum Gasteiger partial charge on any atom is 0.124 e. The largest absolute Gasteiger partial charge is 0.493 e. The van der Waals surface area contributed by atoms with Gasteiger partial charge in [0.05, 0.1) is 12.1 Å². The third-order valence-electron chi connectivity index (χ3n) is 2.96. The molecule has 88 valence electrons. The molecule has 4 heteroatoms. The molecule has 0 fully saturated rings. The van der Waals surface area contributed by atoms with Crippen molar-refractivity contribution in [1.29, 1.82) is 0 Å². The Balaban J connectivity index is 1.72. The molecule has 0 spiro atoms. The minimum Gasteiger partial charge on any atom is -0.493 e. The Kier molecular flexibility index (Phi) is 3.07. The van der Waals surface area contributed by atoms with Crippen molar-refractivity contribution in [1.82, 2.24) is 10.3 Å². The average molecular weight is 246 g/mol. The quantitative estimate of drug-likeness (QED) is 0.904. The van der Waals surface area contributed by atoms with Crippen molar-refractivity contribution < 1.29 is 4.74 Å². The smallest absolute Gasteiger partial charge is 0.124 e. The number of rotatable bonds is 3. The number of benzene rings is 1. The van der Waals surface area contributed by atoms with E-state index in [0.29, 0.717) is 6.04 Å². The van der Waals surface area contributed by atoms with E-state index in [0.717, 1.165) is 25.3 Å². The Hall–Kier alpha value is -1.39. The van der Waals surface area contributed by atoms with Gasteiger partial charge in [-0.05, 0) is 6.07 Å². The number of thiazole rings is 1. The molecule has 2 aromatic rings. The highest BCUT2D eigenvalue weighted by atomic mass is 32.1. The lowest BCUT2D eigenvalue weighted by atomic mass is 10.0. The summed E-state index contributed by atoms with van der Waals surface area (Å²) in [6.45, 7) is 1.67. The van der Waals surface area contributed by atoms with Crippen molar-refractivity contribution >= 4 is 11.3 Å². The standard InChI is InChI=1S/C13H14N2OS/c1-2-4-13-11(3-1)12(5-6-16-13)15-8-10-7-14-9-17-10/h1-4,7,9,12,15H,5-6,8H2. The third-order valence-corrected chi connectivity index (χ3v) is 3.74. The predicted molar refractivity (Wildman–Crippen MR) is 68.2 cm³/mol.